The zero-order chi connectivity index (χ0) is 15.4. The molecule has 2 aromatic carbocycles. The second kappa shape index (κ2) is 6.53. The minimum Gasteiger partial charge on any atom is -0.507 e. The van der Waals surface area contributed by atoms with Crippen molar-refractivity contribution in [3.63, 3.8) is 0 Å². The van der Waals surface area contributed by atoms with Gasteiger partial charge in [-0.3, -0.25) is 0 Å². The first-order valence-corrected chi connectivity index (χ1v) is 7.27. The van der Waals surface area contributed by atoms with Gasteiger partial charge in [-0.1, -0.05) is 18.2 Å². The molecule has 0 heterocycles. The molecule has 0 aliphatic carbocycles. The van der Waals surface area contributed by atoms with Crippen LogP contribution in [0.2, 0.25) is 0 Å². The highest BCUT2D eigenvalue weighted by Gasteiger charge is 2.19. The summed E-state index contributed by atoms with van der Waals surface area (Å²) >= 11 is 0. The Morgan fingerprint density at radius 3 is 2.48 bits per heavy atom. The van der Waals surface area contributed by atoms with Crippen LogP contribution in [-0.4, -0.2) is 18.8 Å². The molecule has 0 saturated heterocycles. The predicted molar refractivity (Wildman–Crippen MR) is 87.3 cm³/mol. The van der Waals surface area contributed by atoms with Crippen LogP contribution in [0, 0.1) is 6.92 Å². The zero-order valence-electron chi connectivity index (χ0n) is 13.1. The van der Waals surface area contributed by atoms with Crippen molar-refractivity contribution < 1.29 is 9.84 Å². The number of aryl methyl sites for hydroxylation is 1. The summed E-state index contributed by atoms with van der Waals surface area (Å²) in [5.74, 6) is 0.941. The highest BCUT2D eigenvalue weighted by Crippen LogP contribution is 2.35. The summed E-state index contributed by atoms with van der Waals surface area (Å²) in [6, 6.07) is 13.9. The monoisotopic (exact) mass is 285 g/mol. The topological polar surface area (TPSA) is 32.7 Å². The largest absolute Gasteiger partial charge is 0.507 e. The van der Waals surface area contributed by atoms with E-state index in [1.165, 1.54) is 11.3 Å². The van der Waals surface area contributed by atoms with Gasteiger partial charge in [-0.15, -0.1) is 0 Å². The van der Waals surface area contributed by atoms with Crippen LogP contribution in [0.25, 0.3) is 0 Å². The third-order valence-corrected chi connectivity index (χ3v) is 3.92. The predicted octanol–water partition coefficient (Wildman–Crippen LogP) is 4.30. The molecule has 3 heteroatoms. The molecule has 0 spiro atoms. The Morgan fingerprint density at radius 1 is 1.19 bits per heavy atom. The van der Waals surface area contributed by atoms with E-state index in [2.05, 4.69) is 37.8 Å². The van der Waals surface area contributed by atoms with E-state index in [1.807, 2.05) is 24.3 Å². The summed E-state index contributed by atoms with van der Waals surface area (Å²) in [4.78, 5) is 2.29. The first kappa shape index (κ1) is 15.2. The van der Waals surface area contributed by atoms with Crippen LogP contribution in [0.4, 0.5) is 5.69 Å². The molecule has 1 N–H and O–H groups in total. The molecular weight excluding hydrogens is 262 g/mol. The van der Waals surface area contributed by atoms with Crippen molar-refractivity contribution in [2.45, 2.75) is 26.8 Å². The Morgan fingerprint density at radius 2 is 1.90 bits per heavy atom. The van der Waals surface area contributed by atoms with E-state index in [-0.39, 0.29) is 11.8 Å². The van der Waals surface area contributed by atoms with Crippen LogP contribution in [0.3, 0.4) is 0 Å². The van der Waals surface area contributed by atoms with Gasteiger partial charge in [0.15, 0.2) is 0 Å². The van der Waals surface area contributed by atoms with Gasteiger partial charge in [0, 0.05) is 23.9 Å². The van der Waals surface area contributed by atoms with Crippen molar-refractivity contribution in [1.82, 2.24) is 0 Å². The summed E-state index contributed by atoms with van der Waals surface area (Å²) in [5.41, 5.74) is 3.34. The fourth-order valence-corrected chi connectivity index (χ4v) is 2.71. The number of phenolic OH excluding ortho intramolecular Hbond substituents is 1. The Balaban J connectivity index is 2.37. The van der Waals surface area contributed by atoms with Gasteiger partial charge in [0.05, 0.1) is 13.2 Å². The quantitative estimate of drug-likeness (QED) is 0.889. The minimum atomic E-state index is 0.0852. The van der Waals surface area contributed by atoms with E-state index >= 15 is 0 Å². The maximum absolute atomic E-state index is 10.2. The summed E-state index contributed by atoms with van der Waals surface area (Å²) in [6.07, 6.45) is 0. The summed E-state index contributed by atoms with van der Waals surface area (Å²) in [5, 5.41) is 10.2. The molecule has 1 atom stereocenters. The van der Waals surface area contributed by atoms with Gasteiger partial charge in [0.1, 0.15) is 11.5 Å². The Kier molecular flexibility index (Phi) is 4.73. The van der Waals surface area contributed by atoms with Crippen LogP contribution < -0.4 is 9.64 Å². The molecule has 0 fully saturated rings. The van der Waals surface area contributed by atoms with Crippen molar-refractivity contribution in [2.24, 2.45) is 0 Å². The van der Waals surface area contributed by atoms with Gasteiger partial charge < -0.3 is 14.7 Å². The molecule has 0 radical (unpaired) electrons. The lowest BCUT2D eigenvalue weighted by atomic mass is 10.0. The lowest BCUT2D eigenvalue weighted by Gasteiger charge is -2.32. The van der Waals surface area contributed by atoms with Gasteiger partial charge in [0.2, 0.25) is 0 Å². The molecule has 2 rings (SSSR count). The van der Waals surface area contributed by atoms with E-state index in [9.17, 15) is 5.11 Å². The van der Waals surface area contributed by atoms with Gasteiger partial charge in [-0.05, 0) is 44.5 Å². The Labute approximate surface area is 126 Å². The van der Waals surface area contributed by atoms with E-state index in [0.717, 1.165) is 12.1 Å². The first-order chi connectivity index (χ1) is 10.1. The Bertz CT molecular complexity index is 610. The van der Waals surface area contributed by atoms with Gasteiger partial charge in [0.25, 0.3) is 0 Å². The third kappa shape index (κ3) is 3.13. The molecule has 0 aromatic heterocycles. The lowest BCUT2D eigenvalue weighted by molar-refractivity contribution is 0.405. The van der Waals surface area contributed by atoms with E-state index < -0.39 is 0 Å². The number of hydrogen-bond donors (Lipinski definition) is 1. The SMILES string of the molecule is CCN(c1ccccc1C)C(C)c1ccc(OC)cc1O. The van der Waals surface area contributed by atoms with E-state index in [0.29, 0.717) is 5.75 Å². The molecule has 112 valence electrons. The molecule has 0 saturated carbocycles. The van der Waals surface area contributed by atoms with Crippen LogP contribution >= 0.6 is 0 Å². The first-order valence-electron chi connectivity index (χ1n) is 7.27. The van der Waals surface area contributed by atoms with Crippen LogP contribution in [0.15, 0.2) is 42.5 Å². The second-order valence-electron chi connectivity index (χ2n) is 5.17. The molecule has 0 amide bonds. The molecule has 0 aliphatic heterocycles. The number of benzene rings is 2. The minimum absolute atomic E-state index is 0.0852. The zero-order valence-corrected chi connectivity index (χ0v) is 13.1. The lowest BCUT2D eigenvalue weighted by Crippen LogP contribution is -2.27. The summed E-state index contributed by atoms with van der Waals surface area (Å²) in [6.45, 7) is 7.22. The fourth-order valence-electron chi connectivity index (χ4n) is 2.71. The number of nitrogens with zero attached hydrogens (tertiary/aromatic N) is 1. The number of hydrogen-bond acceptors (Lipinski definition) is 3. The number of para-hydroxylation sites is 1. The summed E-state index contributed by atoms with van der Waals surface area (Å²) < 4.78 is 5.15. The van der Waals surface area contributed by atoms with Crippen molar-refractivity contribution in [1.29, 1.82) is 0 Å². The van der Waals surface area contributed by atoms with Gasteiger partial charge in [-0.2, -0.15) is 0 Å². The average Bonchev–Trinajstić information content (AvgIpc) is 2.49. The summed E-state index contributed by atoms with van der Waals surface area (Å²) in [7, 11) is 1.60. The molecule has 3 nitrogen and oxygen atoms in total. The molecule has 1 unspecified atom stereocenters. The van der Waals surface area contributed by atoms with Crippen molar-refractivity contribution in [3.8, 4) is 11.5 Å². The number of anilines is 1. The number of ether oxygens (including phenoxy) is 1. The fraction of sp³-hybridized carbons (Fsp3) is 0.333. The molecule has 21 heavy (non-hydrogen) atoms. The second-order valence-corrected chi connectivity index (χ2v) is 5.17. The van der Waals surface area contributed by atoms with Crippen LogP contribution in [-0.2, 0) is 0 Å². The highest BCUT2D eigenvalue weighted by molar-refractivity contribution is 5.56. The average molecular weight is 285 g/mol. The molecule has 0 aliphatic rings. The van der Waals surface area contributed by atoms with E-state index in [1.54, 1.807) is 13.2 Å². The number of phenols is 1. The van der Waals surface area contributed by atoms with Crippen LogP contribution in [0.1, 0.15) is 31.0 Å². The van der Waals surface area contributed by atoms with Gasteiger partial charge in [-0.25, -0.2) is 0 Å². The smallest absolute Gasteiger partial charge is 0.124 e. The normalized spacial score (nSPS) is 12.0. The number of aromatic hydroxyl groups is 1. The van der Waals surface area contributed by atoms with E-state index in [4.69, 9.17) is 4.74 Å². The van der Waals surface area contributed by atoms with Crippen molar-refractivity contribution in [2.75, 3.05) is 18.6 Å². The van der Waals surface area contributed by atoms with Gasteiger partial charge >= 0.3 is 0 Å². The molecule has 2 aromatic rings. The Hall–Kier alpha value is -2.16. The number of methoxy groups -OCH3 is 1. The highest BCUT2D eigenvalue weighted by atomic mass is 16.5. The maximum atomic E-state index is 10.2. The standard InChI is InChI=1S/C18H23NO2/c1-5-19(17-9-7-6-8-13(17)2)14(3)16-11-10-15(21-4)12-18(16)20/h6-12,14,20H,5H2,1-4H3. The maximum Gasteiger partial charge on any atom is 0.124 e. The van der Waals surface area contributed by atoms with Crippen LogP contribution in [0.5, 0.6) is 11.5 Å². The molecular formula is C18H23NO2. The molecule has 0 bridgehead atoms. The number of rotatable bonds is 5. The third-order valence-electron chi connectivity index (χ3n) is 3.92. The van der Waals surface area contributed by atoms with Crippen molar-refractivity contribution >= 4 is 5.69 Å². The van der Waals surface area contributed by atoms with Crippen molar-refractivity contribution in [3.05, 3.63) is 53.6 Å².